The summed E-state index contributed by atoms with van der Waals surface area (Å²) < 4.78 is 96.4. The van der Waals surface area contributed by atoms with Crippen LogP contribution in [0.2, 0.25) is 0 Å². The van der Waals surface area contributed by atoms with Crippen molar-refractivity contribution in [2.45, 2.75) is 127 Å². The summed E-state index contributed by atoms with van der Waals surface area (Å²) in [6, 6.07) is 13.5. The van der Waals surface area contributed by atoms with Gasteiger partial charge in [-0.2, -0.15) is 26.3 Å². The number of carbonyl (C=O) groups is 2. The molecule has 18 heteroatoms. The van der Waals surface area contributed by atoms with Crippen LogP contribution in [0.5, 0.6) is 0 Å². The van der Waals surface area contributed by atoms with Gasteiger partial charge in [0.05, 0.1) is 48.0 Å². The van der Waals surface area contributed by atoms with E-state index >= 15 is 0 Å². The van der Waals surface area contributed by atoms with Gasteiger partial charge >= 0.3 is 12.4 Å². The molecule has 0 spiro atoms. The maximum atomic E-state index is 14.2. The molecule has 2 unspecified atom stereocenters. The first-order valence-electron chi connectivity index (χ1n) is 24.7. The second-order valence-corrected chi connectivity index (χ2v) is 19.5. The molecule has 2 saturated heterocycles. The number of methoxy groups -OCH3 is 2. The summed E-state index contributed by atoms with van der Waals surface area (Å²) in [7, 11) is 3.37. The number of nitrogens with zero attached hydrogens (tertiary/aromatic N) is 6. The van der Waals surface area contributed by atoms with Crippen molar-refractivity contribution in [2.75, 3.05) is 60.8 Å². The molecule has 6 aliphatic rings. The Hall–Kier alpha value is -5.30. The number of hydrogen-bond donors (Lipinski definition) is 2. The van der Waals surface area contributed by atoms with Gasteiger partial charge in [0.25, 0.3) is 0 Å². The van der Waals surface area contributed by atoms with Crippen LogP contribution in [-0.2, 0) is 32.2 Å². The van der Waals surface area contributed by atoms with Crippen molar-refractivity contribution >= 4 is 46.2 Å². The van der Waals surface area contributed by atoms with Crippen LogP contribution in [0.25, 0.3) is 0 Å². The smallest absolute Gasteiger partial charge is 0.381 e. The van der Waals surface area contributed by atoms with Crippen LogP contribution in [0.15, 0.2) is 73.1 Å². The number of fused-ring (bicyclic) bond motifs is 4. The van der Waals surface area contributed by atoms with E-state index in [0.717, 1.165) is 62.5 Å². The lowest BCUT2D eigenvalue weighted by Gasteiger charge is -2.33. The van der Waals surface area contributed by atoms with Gasteiger partial charge in [-0.3, -0.25) is 19.4 Å². The summed E-state index contributed by atoms with van der Waals surface area (Å²) in [5.74, 6) is 0.752. The number of aromatic nitrogens is 2. The first kappa shape index (κ1) is 49.7. The zero-order chi connectivity index (χ0) is 49.2. The number of rotatable bonds is 8. The molecule has 4 aromatic rings. The van der Waals surface area contributed by atoms with Crippen LogP contribution in [0.4, 0.5) is 60.7 Å². The number of benzene rings is 2. The van der Waals surface area contributed by atoms with E-state index in [1.807, 2.05) is 12.1 Å². The Labute approximate surface area is 405 Å². The van der Waals surface area contributed by atoms with Crippen molar-refractivity contribution in [2.24, 2.45) is 11.8 Å². The molecule has 2 aromatic carbocycles. The number of nitrogens with one attached hydrogen (secondary N) is 2. The molecule has 2 aromatic heterocycles. The van der Waals surface area contributed by atoms with Crippen LogP contribution in [0.3, 0.4) is 0 Å². The molecule has 0 radical (unpaired) electrons. The molecule has 2 atom stereocenters. The molecule has 70 heavy (non-hydrogen) atoms. The molecule has 376 valence electrons. The molecule has 10 rings (SSSR count). The van der Waals surface area contributed by atoms with Crippen LogP contribution in [0.1, 0.15) is 111 Å². The second kappa shape index (κ2) is 21.2. The molecule has 2 N–H and O–H groups in total. The summed E-state index contributed by atoms with van der Waals surface area (Å²) in [4.78, 5) is 42.8. The molecule has 4 aliphatic heterocycles. The number of alkyl halides is 6. The molecule has 6 heterocycles. The fourth-order valence-corrected chi connectivity index (χ4v) is 11.4. The number of amides is 2. The van der Waals surface area contributed by atoms with Crippen LogP contribution in [-0.4, -0.2) is 96.5 Å². The third-order valence-corrected chi connectivity index (χ3v) is 15.1. The van der Waals surface area contributed by atoms with E-state index in [-0.39, 0.29) is 60.1 Å². The summed E-state index contributed by atoms with van der Waals surface area (Å²) in [6.45, 7) is 2.19. The Morgan fingerprint density at radius 2 is 0.943 bits per heavy atom. The predicted octanol–water partition coefficient (Wildman–Crippen LogP) is 11.2. The average Bonchev–Trinajstić information content (AvgIpc) is 4.03. The first-order chi connectivity index (χ1) is 33.7. The minimum atomic E-state index is -4.41. The highest BCUT2D eigenvalue weighted by Crippen LogP contribution is 2.46. The quantitative estimate of drug-likeness (QED) is 0.165. The summed E-state index contributed by atoms with van der Waals surface area (Å²) in [5, 5.41) is 6.52. The SMILES string of the molecule is COC1CCC(C(=O)N2Cc3cccnc3Nc3ccc(C(N4CCCC4)C(F)(F)F)cc32)CC1.COC1CCC(C(=O)N2Cc3cccnc3Nc3ccc(C(N4CCCC4)C(F)(F)F)cc32)CC1. The van der Waals surface area contributed by atoms with Gasteiger partial charge in [-0.1, -0.05) is 24.3 Å². The van der Waals surface area contributed by atoms with Crippen LogP contribution in [0, 0.1) is 11.8 Å². The van der Waals surface area contributed by atoms with Gasteiger partial charge in [-0.15, -0.1) is 0 Å². The number of halogens is 6. The van der Waals surface area contributed by atoms with Gasteiger partial charge in [0.15, 0.2) is 0 Å². The zero-order valence-corrected chi connectivity index (χ0v) is 39.7. The minimum Gasteiger partial charge on any atom is -0.381 e. The van der Waals surface area contributed by atoms with E-state index in [4.69, 9.17) is 9.47 Å². The van der Waals surface area contributed by atoms with E-state index < -0.39 is 24.4 Å². The average molecular weight is 977 g/mol. The largest absolute Gasteiger partial charge is 0.408 e. The Bertz CT molecular complexity index is 2290. The molecule has 12 nitrogen and oxygen atoms in total. The molecular formula is C52H62F6N8O4. The maximum absolute atomic E-state index is 14.2. The minimum absolute atomic E-state index is 0.0545. The van der Waals surface area contributed by atoms with Crippen LogP contribution >= 0.6 is 0 Å². The Balaban J connectivity index is 0.000000174. The number of carbonyl (C=O) groups excluding carboxylic acids is 2. The Morgan fingerprint density at radius 3 is 1.29 bits per heavy atom. The standard InChI is InChI=1S/2C26H31F3N4O2/c2*1-35-20-9-6-17(7-10-20)25(34)33-16-19-5-4-12-30-24(19)31-21-11-8-18(15-22(21)33)23(26(27,28)29)32-13-2-3-14-32/h2*4-5,8,11-12,15,17,20,23H,2-3,6-7,9-10,13-14,16H2,1H3,(H,30,31). The van der Waals surface area contributed by atoms with Crippen molar-refractivity contribution in [1.29, 1.82) is 0 Å². The van der Waals surface area contributed by atoms with E-state index in [9.17, 15) is 35.9 Å². The number of hydrogen-bond acceptors (Lipinski definition) is 10. The highest BCUT2D eigenvalue weighted by atomic mass is 19.4. The number of likely N-dealkylation sites (tertiary alicyclic amines) is 2. The summed E-state index contributed by atoms with van der Waals surface area (Å²) in [5.41, 5.74) is 4.13. The predicted molar refractivity (Wildman–Crippen MR) is 255 cm³/mol. The maximum Gasteiger partial charge on any atom is 0.408 e. The summed E-state index contributed by atoms with van der Waals surface area (Å²) in [6.07, 6.45) is 3.87. The third kappa shape index (κ3) is 10.8. The fourth-order valence-electron chi connectivity index (χ4n) is 11.4. The van der Waals surface area contributed by atoms with Gasteiger partial charge < -0.3 is 29.9 Å². The van der Waals surface area contributed by atoms with E-state index in [1.54, 1.807) is 72.8 Å². The second-order valence-electron chi connectivity index (χ2n) is 19.5. The van der Waals surface area contributed by atoms with Gasteiger partial charge in [0.2, 0.25) is 11.8 Å². The lowest BCUT2D eigenvalue weighted by molar-refractivity contribution is -0.184. The molecule has 2 saturated carbocycles. The van der Waals surface area contributed by atoms with Gasteiger partial charge in [0.1, 0.15) is 23.7 Å². The zero-order valence-electron chi connectivity index (χ0n) is 39.7. The van der Waals surface area contributed by atoms with Crippen molar-refractivity contribution in [3.8, 4) is 0 Å². The third-order valence-electron chi connectivity index (χ3n) is 15.1. The monoisotopic (exact) mass is 976 g/mol. The molecule has 2 aliphatic carbocycles. The van der Waals surface area contributed by atoms with E-state index in [0.29, 0.717) is 86.2 Å². The molecular weight excluding hydrogens is 915 g/mol. The van der Waals surface area contributed by atoms with Gasteiger partial charge in [-0.05, 0) is 151 Å². The molecule has 2 amide bonds. The summed E-state index contributed by atoms with van der Waals surface area (Å²) >= 11 is 0. The highest BCUT2D eigenvalue weighted by molar-refractivity contribution is 6.01. The van der Waals surface area contributed by atoms with Crippen molar-refractivity contribution in [3.05, 3.63) is 95.3 Å². The number of ether oxygens (including phenoxy) is 2. The van der Waals surface area contributed by atoms with Crippen molar-refractivity contribution in [1.82, 2.24) is 19.8 Å². The van der Waals surface area contributed by atoms with E-state index in [1.165, 1.54) is 21.9 Å². The molecule has 0 bridgehead atoms. The Kier molecular flexibility index (Phi) is 15.0. The van der Waals surface area contributed by atoms with E-state index in [2.05, 4.69) is 20.6 Å². The highest BCUT2D eigenvalue weighted by Gasteiger charge is 2.47. The first-order valence-corrected chi connectivity index (χ1v) is 24.7. The fraction of sp³-hybridized carbons (Fsp3) is 0.538. The normalized spacial score (nSPS) is 23.7. The number of pyridine rings is 2. The molecule has 4 fully saturated rings. The van der Waals surface area contributed by atoms with Crippen molar-refractivity contribution in [3.63, 3.8) is 0 Å². The van der Waals surface area contributed by atoms with Gasteiger partial charge in [-0.25, -0.2) is 9.97 Å². The Morgan fingerprint density at radius 1 is 0.571 bits per heavy atom. The lowest BCUT2D eigenvalue weighted by atomic mass is 9.86. The van der Waals surface area contributed by atoms with Crippen molar-refractivity contribution < 1.29 is 45.4 Å². The number of anilines is 6. The topological polar surface area (TPSA) is 115 Å². The lowest BCUT2D eigenvalue weighted by Crippen LogP contribution is -2.39. The van der Waals surface area contributed by atoms with Gasteiger partial charge in [0, 0.05) is 49.6 Å². The van der Waals surface area contributed by atoms with Crippen LogP contribution < -0.4 is 20.4 Å².